The fraction of sp³-hybridized carbons (Fsp3) is 0.273. The van der Waals surface area contributed by atoms with E-state index in [1.807, 2.05) is 0 Å². The van der Waals surface area contributed by atoms with E-state index < -0.39 is 11.7 Å². The molecule has 1 aromatic carbocycles. The van der Waals surface area contributed by atoms with Gasteiger partial charge in [-0.15, -0.1) is 6.58 Å². The number of fused-ring (bicyclic) bond motifs is 1. The second-order valence-electron chi connectivity index (χ2n) is 3.40. The number of hydrogen-bond acceptors (Lipinski definition) is 1. The second kappa shape index (κ2) is 3.29. The summed E-state index contributed by atoms with van der Waals surface area (Å²) in [5.74, 6) is 0.317. The van der Waals surface area contributed by atoms with Gasteiger partial charge in [0.2, 0.25) is 0 Å². The van der Waals surface area contributed by atoms with Gasteiger partial charge in [-0.3, -0.25) is 0 Å². The Kier molecular flexibility index (Phi) is 2.21. The third-order valence-corrected chi connectivity index (χ3v) is 2.44. The molecule has 80 valence electrons. The van der Waals surface area contributed by atoms with Crippen LogP contribution in [0, 0.1) is 0 Å². The molecule has 4 heteroatoms. The Morgan fingerprint density at radius 1 is 1.40 bits per heavy atom. The van der Waals surface area contributed by atoms with E-state index in [-0.39, 0.29) is 5.92 Å². The van der Waals surface area contributed by atoms with E-state index in [4.69, 9.17) is 4.74 Å². The lowest BCUT2D eigenvalue weighted by Crippen LogP contribution is -2.04. The molecule has 1 aliphatic rings. The molecule has 0 saturated heterocycles. The first-order valence-electron chi connectivity index (χ1n) is 4.49. The molecular weight excluding hydrogens is 205 g/mol. The fourth-order valence-electron chi connectivity index (χ4n) is 1.61. The van der Waals surface area contributed by atoms with Crippen LogP contribution in [0.15, 0.2) is 30.9 Å². The van der Waals surface area contributed by atoms with Crippen molar-refractivity contribution in [3.8, 4) is 5.75 Å². The Morgan fingerprint density at radius 3 is 2.73 bits per heavy atom. The number of ether oxygens (including phenoxy) is 1. The van der Waals surface area contributed by atoms with Crippen molar-refractivity contribution >= 4 is 0 Å². The van der Waals surface area contributed by atoms with Crippen LogP contribution in [0.3, 0.4) is 0 Å². The highest BCUT2D eigenvalue weighted by molar-refractivity contribution is 5.45. The summed E-state index contributed by atoms with van der Waals surface area (Å²) in [7, 11) is 0. The van der Waals surface area contributed by atoms with Gasteiger partial charge in [0.25, 0.3) is 0 Å². The average Bonchev–Trinajstić information content (AvgIpc) is 2.58. The maximum Gasteiger partial charge on any atom is 0.416 e. The standard InChI is InChI=1S/C11H9F3O/c1-2-7-6-15-10-5-8(11(12,13)14)3-4-9(7)10/h2-5,7H,1,6H2. The van der Waals surface area contributed by atoms with Gasteiger partial charge >= 0.3 is 6.18 Å². The molecule has 1 nitrogen and oxygen atoms in total. The molecular formula is C11H9F3O. The molecule has 0 aromatic heterocycles. The summed E-state index contributed by atoms with van der Waals surface area (Å²) in [4.78, 5) is 0. The lowest BCUT2D eigenvalue weighted by Gasteiger charge is -2.08. The summed E-state index contributed by atoms with van der Waals surface area (Å²) < 4.78 is 42.2. The first kappa shape index (κ1) is 10.1. The maximum atomic E-state index is 12.4. The van der Waals surface area contributed by atoms with Crippen molar-refractivity contribution in [1.82, 2.24) is 0 Å². The number of rotatable bonds is 1. The van der Waals surface area contributed by atoms with E-state index in [1.165, 1.54) is 6.07 Å². The zero-order valence-corrected chi connectivity index (χ0v) is 7.84. The zero-order chi connectivity index (χ0) is 11.1. The quantitative estimate of drug-likeness (QED) is 0.651. The van der Waals surface area contributed by atoms with Crippen LogP contribution in [-0.2, 0) is 6.18 Å². The summed E-state index contributed by atoms with van der Waals surface area (Å²) in [6, 6.07) is 3.57. The highest BCUT2D eigenvalue weighted by Crippen LogP contribution is 2.39. The Morgan fingerprint density at radius 2 is 2.13 bits per heavy atom. The SMILES string of the molecule is C=CC1COc2cc(C(F)(F)F)ccc21. The molecule has 15 heavy (non-hydrogen) atoms. The molecule has 0 bridgehead atoms. The normalized spacial score (nSPS) is 19.5. The monoisotopic (exact) mass is 214 g/mol. The number of hydrogen-bond donors (Lipinski definition) is 0. The number of alkyl halides is 3. The molecule has 0 saturated carbocycles. The van der Waals surface area contributed by atoms with Gasteiger partial charge < -0.3 is 4.74 Å². The molecule has 1 unspecified atom stereocenters. The van der Waals surface area contributed by atoms with Gasteiger partial charge in [0.15, 0.2) is 0 Å². The first-order valence-corrected chi connectivity index (χ1v) is 4.49. The summed E-state index contributed by atoms with van der Waals surface area (Å²) >= 11 is 0. The Balaban J connectivity index is 2.41. The van der Waals surface area contributed by atoms with Crippen molar-refractivity contribution in [2.75, 3.05) is 6.61 Å². The van der Waals surface area contributed by atoms with Gasteiger partial charge in [0.1, 0.15) is 5.75 Å². The van der Waals surface area contributed by atoms with Crippen molar-refractivity contribution < 1.29 is 17.9 Å². The molecule has 1 aromatic rings. The molecule has 0 aliphatic carbocycles. The van der Waals surface area contributed by atoms with E-state index in [0.717, 1.165) is 17.7 Å². The van der Waals surface area contributed by atoms with Crippen molar-refractivity contribution in [1.29, 1.82) is 0 Å². The van der Waals surface area contributed by atoms with Gasteiger partial charge in [-0.25, -0.2) is 0 Å². The smallest absolute Gasteiger partial charge is 0.416 e. The molecule has 0 amide bonds. The van der Waals surface area contributed by atoms with Crippen molar-refractivity contribution in [2.24, 2.45) is 0 Å². The van der Waals surface area contributed by atoms with Gasteiger partial charge in [0.05, 0.1) is 12.2 Å². The molecule has 2 rings (SSSR count). The second-order valence-corrected chi connectivity index (χ2v) is 3.40. The van der Waals surface area contributed by atoms with E-state index in [1.54, 1.807) is 6.08 Å². The van der Waals surface area contributed by atoms with Crippen molar-refractivity contribution in [3.05, 3.63) is 42.0 Å². The van der Waals surface area contributed by atoms with Gasteiger partial charge in [-0.1, -0.05) is 12.1 Å². The van der Waals surface area contributed by atoms with E-state index >= 15 is 0 Å². The van der Waals surface area contributed by atoms with Crippen molar-refractivity contribution in [3.63, 3.8) is 0 Å². The van der Waals surface area contributed by atoms with Gasteiger partial charge in [-0.2, -0.15) is 13.2 Å². The van der Waals surface area contributed by atoms with Crippen LogP contribution in [0.2, 0.25) is 0 Å². The molecule has 1 atom stereocenters. The predicted octanol–water partition coefficient (Wildman–Crippen LogP) is 3.37. The van der Waals surface area contributed by atoms with Gasteiger partial charge in [0, 0.05) is 11.5 Å². The van der Waals surface area contributed by atoms with E-state index in [0.29, 0.717) is 12.4 Å². The van der Waals surface area contributed by atoms with Crippen LogP contribution in [0.5, 0.6) is 5.75 Å². The minimum Gasteiger partial charge on any atom is -0.492 e. The first-order chi connectivity index (χ1) is 7.02. The van der Waals surface area contributed by atoms with Crippen molar-refractivity contribution in [2.45, 2.75) is 12.1 Å². The number of benzene rings is 1. The minimum atomic E-state index is -4.31. The predicted molar refractivity (Wildman–Crippen MR) is 49.9 cm³/mol. The fourth-order valence-corrected chi connectivity index (χ4v) is 1.61. The van der Waals surface area contributed by atoms with Crippen LogP contribution in [0.25, 0.3) is 0 Å². The molecule has 0 fully saturated rings. The van der Waals surface area contributed by atoms with Crippen LogP contribution < -0.4 is 4.74 Å². The summed E-state index contributed by atoms with van der Waals surface area (Å²) in [6.07, 6.45) is -2.64. The molecule has 1 heterocycles. The highest BCUT2D eigenvalue weighted by Gasteiger charge is 2.33. The maximum absolute atomic E-state index is 12.4. The van der Waals surface area contributed by atoms with Gasteiger partial charge in [-0.05, 0) is 12.1 Å². The third kappa shape index (κ3) is 1.71. The Bertz CT molecular complexity index is 395. The Labute approximate surface area is 85.2 Å². The lowest BCUT2D eigenvalue weighted by molar-refractivity contribution is -0.137. The summed E-state index contributed by atoms with van der Waals surface area (Å²) in [6.45, 7) is 3.99. The van der Waals surface area contributed by atoms with E-state index in [2.05, 4.69) is 6.58 Å². The van der Waals surface area contributed by atoms with Crippen LogP contribution in [0.4, 0.5) is 13.2 Å². The topological polar surface area (TPSA) is 9.23 Å². The lowest BCUT2D eigenvalue weighted by atomic mass is 10.00. The third-order valence-electron chi connectivity index (χ3n) is 2.44. The summed E-state index contributed by atoms with van der Waals surface area (Å²) in [5.41, 5.74) is 0.101. The number of halogens is 3. The average molecular weight is 214 g/mol. The molecule has 1 aliphatic heterocycles. The van der Waals surface area contributed by atoms with E-state index in [9.17, 15) is 13.2 Å². The molecule has 0 spiro atoms. The van der Waals surface area contributed by atoms with Crippen LogP contribution >= 0.6 is 0 Å². The minimum absolute atomic E-state index is 0.00211. The molecule has 0 N–H and O–H groups in total. The Hall–Kier alpha value is -1.45. The highest BCUT2D eigenvalue weighted by atomic mass is 19.4. The van der Waals surface area contributed by atoms with Crippen LogP contribution in [-0.4, -0.2) is 6.61 Å². The zero-order valence-electron chi connectivity index (χ0n) is 7.84. The largest absolute Gasteiger partial charge is 0.492 e. The van der Waals surface area contributed by atoms with Crippen LogP contribution in [0.1, 0.15) is 17.0 Å². The summed E-state index contributed by atoms with van der Waals surface area (Å²) in [5, 5.41) is 0. The molecule has 0 radical (unpaired) electrons.